The summed E-state index contributed by atoms with van der Waals surface area (Å²) in [5, 5.41) is 6.54. The van der Waals surface area contributed by atoms with Crippen molar-refractivity contribution in [3.63, 3.8) is 0 Å². The van der Waals surface area contributed by atoms with Crippen LogP contribution in [0, 0.1) is 13.8 Å². The van der Waals surface area contributed by atoms with Crippen molar-refractivity contribution >= 4 is 39.8 Å². The number of benzene rings is 2. The van der Waals surface area contributed by atoms with Crippen LogP contribution in [0.1, 0.15) is 36.1 Å². The van der Waals surface area contributed by atoms with E-state index in [1.807, 2.05) is 52.0 Å². The summed E-state index contributed by atoms with van der Waals surface area (Å²) in [5.74, 6) is 1.61. The molecule has 0 radical (unpaired) electrons. The van der Waals surface area contributed by atoms with E-state index in [0.29, 0.717) is 30.6 Å². The molecule has 0 saturated heterocycles. The van der Waals surface area contributed by atoms with Gasteiger partial charge >= 0.3 is 0 Å². The molecule has 2 aromatic rings. The van der Waals surface area contributed by atoms with Crippen LogP contribution in [0.25, 0.3) is 0 Å². The number of aliphatic imine (C=N–C) groups is 1. The Morgan fingerprint density at radius 1 is 1.00 bits per heavy atom. The molecule has 0 aliphatic heterocycles. The summed E-state index contributed by atoms with van der Waals surface area (Å²) in [6.07, 6.45) is 1.23. The first-order valence-electron chi connectivity index (χ1n) is 9.78. The lowest BCUT2D eigenvalue weighted by Crippen LogP contribution is -2.36. The molecule has 30 heavy (non-hydrogen) atoms. The fraction of sp³-hybridized carbons (Fsp3) is 0.409. The molecule has 0 aromatic heterocycles. The summed E-state index contributed by atoms with van der Waals surface area (Å²) >= 11 is 0. The van der Waals surface area contributed by atoms with Gasteiger partial charge in [0.1, 0.15) is 5.75 Å². The third-order valence-corrected chi connectivity index (χ3v) is 5.66. The third-order valence-electron chi connectivity index (χ3n) is 4.40. The molecular formula is C22H32IN3O3S. The van der Waals surface area contributed by atoms with Gasteiger partial charge in [0.15, 0.2) is 15.8 Å². The zero-order chi connectivity index (χ0) is 21.4. The van der Waals surface area contributed by atoms with Crippen LogP contribution in [0.3, 0.4) is 0 Å². The molecule has 0 heterocycles. The van der Waals surface area contributed by atoms with Gasteiger partial charge in [-0.25, -0.2) is 13.4 Å². The molecule has 0 unspecified atom stereocenters. The maximum atomic E-state index is 11.8. The van der Waals surface area contributed by atoms with Crippen LogP contribution < -0.4 is 15.4 Å². The van der Waals surface area contributed by atoms with Crippen molar-refractivity contribution in [2.75, 3.05) is 19.4 Å². The average Bonchev–Trinajstić information content (AvgIpc) is 2.65. The predicted octanol–water partition coefficient (Wildman–Crippen LogP) is 3.98. The zero-order valence-corrected chi connectivity index (χ0v) is 21.4. The summed E-state index contributed by atoms with van der Waals surface area (Å²) < 4.78 is 29.1. The lowest BCUT2D eigenvalue weighted by molar-refractivity contribution is 0.338. The minimum Gasteiger partial charge on any atom is -0.494 e. The van der Waals surface area contributed by atoms with Crippen LogP contribution >= 0.6 is 24.0 Å². The van der Waals surface area contributed by atoms with Crippen LogP contribution in [-0.4, -0.2) is 33.8 Å². The Bertz CT molecular complexity index is 976. The standard InChI is InChI=1S/C22H31N3O3S.HI/c1-6-23-22(24-14-18-8-10-20(28-7-2)16(3)12-18)25-15-19-9-11-21(17(4)13-19)29(5,26)27;/h8-13H,6-7,14-15H2,1-5H3,(H2,23,24,25);1H. The summed E-state index contributed by atoms with van der Waals surface area (Å²) in [4.78, 5) is 5.02. The van der Waals surface area contributed by atoms with Gasteiger partial charge in [0.2, 0.25) is 0 Å². The highest BCUT2D eigenvalue weighted by atomic mass is 127. The Balaban J connectivity index is 0.00000450. The number of halogens is 1. The normalized spacial score (nSPS) is 11.6. The zero-order valence-electron chi connectivity index (χ0n) is 18.3. The molecule has 0 saturated carbocycles. The van der Waals surface area contributed by atoms with Crippen LogP contribution in [-0.2, 0) is 22.9 Å². The summed E-state index contributed by atoms with van der Waals surface area (Å²) in [6, 6.07) is 11.5. The maximum absolute atomic E-state index is 11.8. The molecule has 0 amide bonds. The maximum Gasteiger partial charge on any atom is 0.191 e. The minimum absolute atomic E-state index is 0. The van der Waals surface area contributed by atoms with Gasteiger partial charge in [0, 0.05) is 19.3 Å². The second kappa shape index (κ2) is 12.1. The Morgan fingerprint density at radius 3 is 2.23 bits per heavy atom. The first-order chi connectivity index (χ1) is 13.7. The predicted molar refractivity (Wildman–Crippen MR) is 134 cm³/mol. The Labute approximate surface area is 197 Å². The molecule has 8 heteroatoms. The summed E-state index contributed by atoms with van der Waals surface area (Å²) in [7, 11) is -3.21. The molecule has 166 valence electrons. The largest absolute Gasteiger partial charge is 0.494 e. The molecule has 2 N–H and O–H groups in total. The molecule has 0 fully saturated rings. The summed E-state index contributed by atoms with van der Waals surface area (Å²) in [5.41, 5.74) is 3.95. The van der Waals surface area contributed by atoms with Crippen molar-refractivity contribution in [2.45, 2.75) is 45.7 Å². The van der Waals surface area contributed by atoms with E-state index in [2.05, 4.69) is 21.7 Å². The molecule has 0 bridgehead atoms. The number of rotatable bonds is 8. The van der Waals surface area contributed by atoms with E-state index < -0.39 is 9.84 Å². The number of hydrogen-bond donors (Lipinski definition) is 2. The van der Waals surface area contributed by atoms with Crippen molar-refractivity contribution in [1.29, 1.82) is 0 Å². The molecule has 0 spiro atoms. The quantitative estimate of drug-likeness (QED) is 0.298. The fourth-order valence-corrected chi connectivity index (χ4v) is 4.02. The monoisotopic (exact) mass is 545 g/mol. The van der Waals surface area contributed by atoms with Crippen LogP contribution in [0.5, 0.6) is 5.75 Å². The van der Waals surface area contributed by atoms with Crippen LogP contribution in [0.2, 0.25) is 0 Å². The molecule has 0 aliphatic carbocycles. The van der Waals surface area contributed by atoms with E-state index in [1.54, 1.807) is 6.07 Å². The fourth-order valence-electron chi connectivity index (χ4n) is 3.06. The molecular weight excluding hydrogens is 513 g/mol. The lowest BCUT2D eigenvalue weighted by atomic mass is 10.1. The number of nitrogens with one attached hydrogen (secondary N) is 2. The van der Waals surface area contributed by atoms with Crippen LogP contribution in [0.15, 0.2) is 46.3 Å². The molecule has 2 rings (SSSR count). The van der Waals surface area contributed by atoms with Gasteiger partial charge in [-0.1, -0.05) is 24.3 Å². The first kappa shape index (κ1) is 26.2. The van der Waals surface area contributed by atoms with Gasteiger partial charge in [-0.3, -0.25) is 0 Å². The number of sulfone groups is 1. The topological polar surface area (TPSA) is 79.8 Å². The van der Waals surface area contributed by atoms with E-state index in [0.717, 1.165) is 34.5 Å². The highest BCUT2D eigenvalue weighted by molar-refractivity contribution is 14.0. The number of hydrogen-bond acceptors (Lipinski definition) is 4. The number of ether oxygens (including phenoxy) is 1. The Kier molecular flexibility index (Phi) is 10.6. The number of nitrogens with zero attached hydrogens (tertiary/aromatic N) is 1. The van der Waals surface area contributed by atoms with Gasteiger partial charge in [-0.2, -0.15) is 0 Å². The number of guanidine groups is 1. The SMILES string of the molecule is CCNC(=NCc1ccc(OCC)c(C)c1)NCc1ccc(S(C)(=O)=O)c(C)c1.I. The molecule has 0 atom stereocenters. The van der Waals surface area contributed by atoms with Crippen molar-refractivity contribution < 1.29 is 13.2 Å². The van der Waals surface area contributed by atoms with Gasteiger partial charge < -0.3 is 15.4 Å². The number of aryl methyl sites for hydroxylation is 2. The Hall–Kier alpha value is -1.81. The molecule has 6 nitrogen and oxygen atoms in total. The van der Waals surface area contributed by atoms with Crippen LogP contribution in [0.4, 0.5) is 0 Å². The van der Waals surface area contributed by atoms with Gasteiger partial charge in [-0.05, 0) is 62.1 Å². The average molecular weight is 545 g/mol. The van der Waals surface area contributed by atoms with E-state index in [1.165, 1.54) is 6.26 Å². The van der Waals surface area contributed by atoms with Crippen molar-refractivity contribution in [2.24, 2.45) is 4.99 Å². The van der Waals surface area contributed by atoms with E-state index in [4.69, 9.17) is 4.74 Å². The van der Waals surface area contributed by atoms with Crippen molar-refractivity contribution in [3.8, 4) is 5.75 Å². The first-order valence-corrected chi connectivity index (χ1v) is 11.7. The third kappa shape index (κ3) is 7.79. The van der Waals surface area contributed by atoms with Crippen molar-refractivity contribution in [1.82, 2.24) is 10.6 Å². The van der Waals surface area contributed by atoms with E-state index >= 15 is 0 Å². The summed E-state index contributed by atoms with van der Waals surface area (Å²) in [6.45, 7) is 10.3. The van der Waals surface area contributed by atoms with E-state index in [9.17, 15) is 8.42 Å². The molecule has 0 aliphatic rings. The van der Waals surface area contributed by atoms with E-state index in [-0.39, 0.29) is 24.0 Å². The smallest absolute Gasteiger partial charge is 0.191 e. The van der Waals surface area contributed by atoms with Gasteiger partial charge in [0.05, 0.1) is 18.0 Å². The Morgan fingerprint density at radius 2 is 1.67 bits per heavy atom. The second-order valence-corrected chi connectivity index (χ2v) is 8.94. The van der Waals surface area contributed by atoms with Gasteiger partial charge in [-0.15, -0.1) is 24.0 Å². The van der Waals surface area contributed by atoms with Gasteiger partial charge in [0.25, 0.3) is 0 Å². The molecule has 2 aromatic carbocycles. The highest BCUT2D eigenvalue weighted by Gasteiger charge is 2.11. The lowest BCUT2D eigenvalue weighted by Gasteiger charge is -2.13. The van der Waals surface area contributed by atoms with Crippen molar-refractivity contribution in [3.05, 3.63) is 58.7 Å². The minimum atomic E-state index is -3.21. The second-order valence-electron chi connectivity index (χ2n) is 6.95. The highest BCUT2D eigenvalue weighted by Crippen LogP contribution is 2.19.